The highest BCUT2D eigenvalue weighted by Crippen LogP contribution is 2.31. The minimum Gasteiger partial charge on any atom is -0.478 e. The van der Waals surface area contributed by atoms with E-state index in [9.17, 15) is 18.3 Å². The Hall–Kier alpha value is -3.55. The average molecular weight is 490 g/mol. The van der Waals surface area contributed by atoms with Gasteiger partial charge in [-0.3, -0.25) is 4.72 Å². The van der Waals surface area contributed by atoms with Crippen molar-refractivity contribution >= 4 is 34.3 Å². The zero-order chi connectivity index (χ0) is 24.3. The van der Waals surface area contributed by atoms with Gasteiger partial charge in [-0.1, -0.05) is 72.8 Å². The number of thiol groups is 1. The lowest BCUT2D eigenvalue weighted by Gasteiger charge is -2.14. The molecule has 0 aliphatic carbocycles. The van der Waals surface area contributed by atoms with E-state index in [-0.39, 0.29) is 15.7 Å². The van der Waals surface area contributed by atoms with Gasteiger partial charge in [-0.25, -0.2) is 13.2 Å². The first-order valence-corrected chi connectivity index (χ1v) is 12.5. The lowest BCUT2D eigenvalue weighted by atomic mass is 10.00. The largest absolute Gasteiger partial charge is 0.478 e. The van der Waals surface area contributed by atoms with Crippen LogP contribution >= 0.6 is 12.6 Å². The summed E-state index contributed by atoms with van der Waals surface area (Å²) in [7, 11) is -3.93. The molecule has 0 fully saturated rings. The number of rotatable bonds is 7. The van der Waals surface area contributed by atoms with Gasteiger partial charge in [0.15, 0.2) is 0 Å². The highest BCUT2D eigenvalue weighted by Gasteiger charge is 2.18. The van der Waals surface area contributed by atoms with E-state index in [1.165, 1.54) is 12.1 Å². The van der Waals surface area contributed by atoms with Crippen molar-refractivity contribution in [1.29, 1.82) is 0 Å². The van der Waals surface area contributed by atoms with E-state index in [2.05, 4.69) is 29.0 Å². The van der Waals surface area contributed by atoms with E-state index in [1.54, 1.807) is 19.1 Å². The Morgan fingerprint density at radius 1 is 0.824 bits per heavy atom. The summed E-state index contributed by atoms with van der Waals surface area (Å²) in [4.78, 5) is 11.2. The molecule has 0 aliphatic heterocycles. The van der Waals surface area contributed by atoms with Gasteiger partial charge >= 0.3 is 5.97 Å². The standard InChI is InChI=1S/C27H23NO4S2/c1-18-7-16-24(17-25(18)27(29)30)34(31,32)28-23-14-12-22(13-15-23)26(33)21-10-8-20(9-11-21)19-5-3-2-4-6-19/h2-17,26,28,33H,1H3,(H,29,30). The van der Waals surface area contributed by atoms with Crippen molar-refractivity contribution in [2.45, 2.75) is 17.1 Å². The molecule has 172 valence electrons. The number of nitrogens with one attached hydrogen (secondary N) is 1. The molecule has 2 N–H and O–H groups in total. The van der Waals surface area contributed by atoms with Crippen LogP contribution in [0.1, 0.15) is 32.3 Å². The lowest BCUT2D eigenvalue weighted by Crippen LogP contribution is -2.14. The molecule has 0 radical (unpaired) electrons. The van der Waals surface area contributed by atoms with E-state index in [0.717, 1.165) is 28.3 Å². The quantitative estimate of drug-likeness (QED) is 0.271. The number of benzene rings is 4. The maximum atomic E-state index is 12.8. The Kier molecular flexibility index (Phi) is 6.77. The van der Waals surface area contributed by atoms with Gasteiger partial charge in [0, 0.05) is 5.69 Å². The van der Waals surface area contributed by atoms with Crippen LogP contribution in [-0.2, 0) is 10.0 Å². The van der Waals surface area contributed by atoms with Crippen LogP contribution < -0.4 is 4.72 Å². The number of carboxylic acid groups (broad SMARTS) is 1. The van der Waals surface area contributed by atoms with Crippen molar-refractivity contribution in [2.24, 2.45) is 0 Å². The van der Waals surface area contributed by atoms with Gasteiger partial charge in [-0.15, -0.1) is 0 Å². The summed E-state index contributed by atoms with van der Waals surface area (Å²) >= 11 is 4.75. The third-order valence-electron chi connectivity index (χ3n) is 5.56. The van der Waals surface area contributed by atoms with Crippen molar-refractivity contribution in [3.8, 4) is 11.1 Å². The van der Waals surface area contributed by atoms with Crippen LogP contribution in [0.15, 0.2) is 102 Å². The second kappa shape index (κ2) is 9.75. The van der Waals surface area contributed by atoms with Crippen LogP contribution in [0.3, 0.4) is 0 Å². The van der Waals surface area contributed by atoms with Crippen molar-refractivity contribution in [2.75, 3.05) is 4.72 Å². The zero-order valence-corrected chi connectivity index (χ0v) is 20.1. The van der Waals surface area contributed by atoms with Crippen LogP contribution in [0.5, 0.6) is 0 Å². The summed E-state index contributed by atoms with van der Waals surface area (Å²) in [5.74, 6) is -1.17. The van der Waals surface area contributed by atoms with Gasteiger partial charge in [0.25, 0.3) is 10.0 Å². The average Bonchev–Trinajstić information content (AvgIpc) is 2.84. The predicted octanol–water partition coefficient (Wildman–Crippen LogP) is 6.18. The normalized spacial score (nSPS) is 12.2. The van der Waals surface area contributed by atoms with Gasteiger partial charge in [-0.2, -0.15) is 12.6 Å². The molecule has 0 bridgehead atoms. The third-order valence-corrected chi connectivity index (χ3v) is 7.54. The summed E-state index contributed by atoms with van der Waals surface area (Å²) in [5, 5.41) is 9.10. The van der Waals surface area contributed by atoms with Gasteiger partial charge in [0.2, 0.25) is 0 Å². The first-order chi connectivity index (χ1) is 16.2. The van der Waals surface area contributed by atoms with Crippen LogP contribution in [0.25, 0.3) is 11.1 Å². The Morgan fingerprint density at radius 2 is 1.38 bits per heavy atom. The molecule has 4 rings (SSSR count). The van der Waals surface area contributed by atoms with Crippen LogP contribution in [0.4, 0.5) is 5.69 Å². The molecule has 0 saturated carbocycles. The van der Waals surface area contributed by atoms with Gasteiger partial charge in [0.05, 0.1) is 15.7 Å². The molecular formula is C27H23NO4S2. The predicted molar refractivity (Wildman–Crippen MR) is 138 cm³/mol. The maximum Gasteiger partial charge on any atom is 0.335 e. The fourth-order valence-corrected chi connectivity index (χ4v) is 5.06. The zero-order valence-electron chi connectivity index (χ0n) is 18.3. The molecule has 5 nitrogen and oxygen atoms in total. The summed E-state index contributed by atoms with van der Waals surface area (Å²) in [6.45, 7) is 1.62. The van der Waals surface area contributed by atoms with E-state index in [0.29, 0.717) is 11.3 Å². The fraction of sp³-hybridized carbons (Fsp3) is 0.0741. The highest BCUT2D eigenvalue weighted by molar-refractivity contribution is 7.92. The first kappa shape index (κ1) is 23.6. The monoisotopic (exact) mass is 489 g/mol. The number of anilines is 1. The van der Waals surface area contributed by atoms with E-state index in [4.69, 9.17) is 12.6 Å². The molecule has 4 aromatic carbocycles. The first-order valence-electron chi connectivity index (χ1n) is 10.5. The number of aryl methyl sites for hydroxylation is 1. The van der Waals surface area contributed by atoms with Crippen molar-refractivity contribution < 1.29 is 18.3 Å². The van der Waals surface area contributed by atoms with E-state index >= 15 is 0 Å². The highest BCUT2D eigenvalue weighted by atomic mass is 32.2. The van der Waals surface area contributed by atoms with Crippen LogP contribution in [-0.4, -0.2) is 19.5 Å². The minimum atomic E-state index is -3.93. The summed E-state index contributed by atoms with van der Waals surface area (Å²) in [5.41, 5.74) is 5.03. The molecular weight excluding hydrogens is 466 g/mol. The second-order valence-electron chi connectivity index (χ2n) is 7.90. The molecule has 1 atom stereocenters. The molecule has 0 spiro atoms. The summed E-state index contributed by atoms with van der Waals surface area (Å²) in [6, 6.07) is 29.3. The maximum absolute atomic E-state index is 12.8. The molecule has 0 amide bonds. The minimum absolute atomic E-state index is 0.0468. The Morgan fingerprint density at radius 3 is 1.97 bits per heavy atom. The molecule has 1 unspecified atom stereocenters. The van der Waals surface area contributed by atoms with E-state index in [1.807, 2.05) is 42.5 Å². The SMILES string of the molecule is Cc1ccc(S(=O)(=O)Nc2ccc(C(S)c3ccc(-c4ccccc4)cc3)cc2)cc1C(=O)O. The lowest BCUT2D eigenvalue weighted by molar-refractivity contribution is 0.0696. The number of carboxylic acids is 1. The van der Waals surface area contributed by atoms with Crippen LogP contribution in [0, 0.1) is 6.92 Å². The molecule has 4 aromatic rings. The number of hydrogen-bond donors (Lipinski definition) is 3. The Labute approximate surface area is 204 Å². The van der Waals surface area contributed by atoms with Gasteiger partial charge in [0.1, 0.15) is 0 Å². The van der Waals surface area contributed by atoms with Gasteiger partial charge in [-0.05, 0) is 59.0 Å². The molecule has 0 heterocycles. The van der Waals surface area contributed by atoms with Crippen molar-refractivity contribution in [1.82, 2.24) is 0 Å². The number of hydrogen-bond acceptors (Lipinski definition) is 4. The summed E-state index contributed by atoms with van der Waals surface area (Å²) in [6.07, 6.45) is 0. The molecule has 7 heteroatoms. The molecule has 34 heavy (non-hydrogen) atoms. The molecule has 0 saturated heterocycles. The Balaban J connectivity index is 1.50. The van der Waals surface area contributed by atoms with Gasteiger partial charge < -0.3 is 5.11 Å². The third kappa shape index (κ3) is 5.16. The smallest absolute Gasteiger partial charge is 0.335 e. The second-order valence-corrected chi connectivity index (χ2v) is 10.1. The Bertz CT molecular complexity index is 1420. The molecule has 0 aromatic heterocycles. The van der Waals surface area contributed by atoms with Crippen molar-refractivity contribution in [3.05, 3.63) is 119 Å². The van der Waals surface area contributed by atoms with Crippen molar-refractivity contribution in [3.63, 3.8) is 0 Å². The van der Waals surface area contributed by atoms with E-state index < -0.39 is 16.0 Å². The summed E-state index contributed by atoms with van der Waals surface area (Å²) < 4.78 is 28.0. The number of carbonyl (C=O) groups is 1. The topological polar surface area (TPSA) is 83.5 Å². The number of aromatic carboxylic acids is 1. The fourth-order valence-electron chi connectivity index (χ4n) is 3.63. The molecule has 0 aliphatic rings. The van der Waals surface area contributed by atoms with Crippen LogP contribution in [0.2, 0.25) is 0 Å². The number of sulfonamides is 1.